The topological polar surface area (TPSA) is 75.4 Å². The van der Waals surface area contributed by atoms with Crippen LogP contribution in [0.15, 0.2) is 0 Å². The summed E-state index contributed by atoms with van der Waals surface area (Å²) >= 11 is 1.93. The van der Waals surface area contributed by atoms with E-state index in [0.29, 0.717) is 12.5 Å². The summed E-state index contributed by atoms with van der Waals surface area (Å²) < 4.78 is 0. The second-order valence-electron chi connectivity index (χ2n) is 7.15. The fourth-order valence-electron chi connectivity index (χ4n) is 3.82. The van der Waals surface area contributed by atoms with Crippen LogP contribution in [-0.2, 0) is 9.59 Å². The van der Waals surface area contributed by atoms with E-state index in [1.54, 1.807) is 0 Å². The summed E-state index contributed by atoms with van der Waals surface area (Å²) in [6.07, 6.45) is 5.12. The van der Waals surface area contributed by atoms with Gasteiger partial charge in [-0.1, -0.05) is 13.8 Å². The van der Waals surface area contributed by atoms with Gasteiger partial charge in [-0.2, -0.15) is 11.8 Å². The molecule has 0 unspecified atom stereocenters. The number of thioether (sulfide) groups is 1. The highest BCUT2D eigenvalue weighted by atomic mass is 35.5. The molecular formula is C18H34ClN3O2S. The molecule has 1 aliphatic carbocycles. The van der Waals surface area contributed by atoms with Crippen molar-refractivity contribution >= 4 is 36.0 Å². The van der Waals surface area contributed by atoms with Crippen LogP contribution >= 0.6 is 24.2 Å². The molecule has 25 heavy (non-hydrogen) atoms. The van der Waals surface area contributed by atoms with Crippen molar-refractivity contribution in [2.45, 2.75) is 58.4 Å². The van der Waals surface area contributed by atoms with Gasteiger partial charge in [0, 0.05) is 43.1 Å². The number of carbonyl (C=O) groups excluding carboxylic acids is 2. The highest BCUT2D eigenvalue weighted by molar-refractivity contribution is 7.99. The third-order valence-electron chi connectivity index (χ3n) is 5.96. The van der Waals surface area contributed by atoms with Crippen molar-refractivity contribution in [3.8, 4) is 0 Å². The Balaban J connectivity index is 0.00000312. The standard InChI is InChI=1S/C18H33N3O2S.ClH/c1-3-18(4-2,13-19)17(23)20-15-7-5-14(6-8-15)16(22)21-9-11-24-12-10-21;/h14-15H,3-13,19H2,1-2H3,(H,20,23);1H. The maximum atomic E-state index is 12.6. The molecular weight excluding hydrogens is 358 g/mol. The molecule has 1 heterocycles. The van der Waals surface area contributed by atoms with Crippen LogP contribution < -0.4 is 11.1 Å². The lowest BCUT2D eigenvalue weighted by Gasteiger charge is -2.36. The first-order valence-electron chi connectivity index (χ1n) is 9.44. The largest absolute Gasteiger partial charge is 0.353 e. The summed E-state index contributed by atoms with van der Waals surface area (Å²) in [4.78, 5) is 27.2. The zero-order chi connectivity index (χ0) is 17.6. The monoisotopic (exact) mass is 391 g/mol. The average Bonchev–Trinajstić information content (AvgIpc) is 2.64. The lowest BCUT2D eigenvalue weighted by atomic mass is 9.80. The van der Waals surface area contributed by atoms with Gasteiger partial charge in [0.1, 0.15) is 0 Å². The molecule has 1 aliphatic heterocycles. The number of nitrogens with two attached hydrogens (primary N) is 1. The number of nitrogens with one attached hydrogen (secondary N) is 1. The normalized spacial score (nSPS) is 24.4. The van der Waals surface area contributed by atoms with Crippen molar-refractivity contribution in [1.82, 2.24) is 10.2 Å². The van der Waals surface area contributed by atoms with E-state index in [1.807, 2.05) is 30.5 Å². The molecule has 1 saturated heterocycles. The van der Waals surface area contributed by atoms with Crippen LogP contribution in [0.1, 0.15) is 52.4 Å². The van der Waals surface area contributed by atoms with Crippen LogP contribution in [0.3, 0.4) is 0 Å². The van der Waals surface area contributed by atoms with Gasteiger partial charge >= 0.3 is 0 Å². The van der Waals surface area contributed by atoms with Gasteiger partial charge in [-0.25, -0.2) is 0 Å². The van der Waals surface area contributed by atoms with Gasteiger partial charge in [-0.3, -0.25) is 9.59 Å². The minimum atomic E-state index is -0.432. The fourth-order valence-corrected chi connectivity index (χ4v) is 4.72. The third-order valence-corrected chi connectivity index (χ3v) is 6.90. The van der Waals surface area contributed by atoms with Crippen molar-refractivity contribution in [3.63, 3.8) is 0 Å². The second-order valence-corrected chi connectivity index (χ2v) is 8.38. The smallest absolute Gasteiger partial charge is 0.227 e. The fraction of sp³-hybridized carbons (Fsp3) is 0.889. The molecule has 2 fully saturated rings. The Morgan fingerprint density at radius 2 is 1.68 bits per heavy atom. The number of nitrogens with zero attached hydrogens (tertiary/aromatic N) is 1. The van der Waals surface area contributed by atoms with Gasteiger partial charge in [0.15, 0.2) is 0 Å². The minimum Gasteiger partial charge on any atom is -0.353 e. The van der Waals surface area contributed by atoms with Crippen molar-refractivity contribution in [1.29, 1.82) is 0 Å². The first-order valence-corrected chi connectivity index (χ1v) is 10.6. The third kappa shape index (κ3) is 5.51. The van der Waals surface area contributed by atoms with Gasteiger partial charge in [-0.15, -0.1) is 12.4 Å². The quantitative estimate of drug-likeness (QED) is 0.729. The van der Waals surface area contributed by atoms with E-state index in [1.165, 1.54) is 0 Å². The van der Waals surface area contributed by atoms with Crippen LogP contribution in [-0.4, -0.2) is 53.9 Å². The van der Waals surface area contributed by atoms with Gasteiger partial charge in [0.25, 0.3) is 0 Å². The van der Waals surface area contributed by atoms with E-state index >= 15 is 0 Å². The molecule has 0 radical (unpaired) electrons. The van der Waals surface area contributed by atoms with Crippen LogP contribution in [0.25, 0.3) is 0 Å². The molecule has 7 heteroatoms. The highest BCUT2D eigenvalue weighted by Gasteiger charge is 2.36. The SMILES string of the molecule is CCC(CC)(CN)C(=O)NC1CCC(C(=O)N2CCSCC2)CC1.Cl. The Morgan fingerprint density at radius 1 is 1.12 bits per heavy atom. The predicted octanol–water partition coefficient (Wildman–Crippen LogP) is 2.42. The van der Waals surface area contributed by atoms with Crippen LogP contribution in [0, 0.1) is 11.3 Å². The maximum absolute atomic E-state index is 12.6. The predicted molar refractivity (Wildman–Crippen MR) is 107 cm³/mol. The van der Waals surface area contributed by atoms with E-state index in [2.05, 4.69) is 5.32 Å². The summed E-state index contributed by atoms with van der Waals surface area (Å²) in [5.74, 6) is 2.70. The van der Waals surface area contributed by atoms with Crippen molar-refractivity contribution in [2.75, 3.05) is 31.1 Å². The van der Waals surface area contributed by atoms with Crippen molar-refractivity contribution in [2.24, 2.45) is 17.1 Å². The Bertz CT molecular complexity index is 424. The summed E-state index contributed by atoms with van der Waals surface area (Å²) in [6.45, 7) is 6.25. The Labute approximate surface area is 162 Å². The molecule has 146 valence electrons. The first-order chi connectivity index (χ1) is 11.6. The number of amides is 2. The van der Waals surface area contributed by atoms with Crippen molar-refractivity contribution in [3.05, 3.63) is 0 Å². The van der Waals surface area contributed by atoms with Gasteiger partial charge in [0.05, 0.1) is 5.41 Å². The minimum absolute atomic E-state index is 0. The highest BCUT2D eigenvalue weighted by Crippen LogP contribution is 2.29. The lowest BCUT2D eigenvalue weighted by Crippen LogP contribution is -2.50. The second kappa shape index (κ2) is 10.6. The molecule has 0 aromatic carbocycles. The van der Waals surface area contributed by atoms with Crippen molar-refractivity contribution < 1.29 is 9.59 Å². The molecule has 0 atom stereocenters. The lowest BCUT2D eigenvalue weighted by molar-refractivity contribution is -0.136. The average molecular weight is 392 g/mol. The Morgan fingerprint density at radius 3 is 2.16 bits per heavy atom. The van der Waals surface area contributed by atoms with Gasteiger partial charge in [-0.05, 0) is 38.5 Å². The van der Waals surface area contributed by atoms with E-state index in [0.717, 1.165) is 63.1 Å². The van der Waals surface area contributed by atoms with E-state index in [-0.39, 0.29) is 30.3 Å². The summed E-state index contributed by atoms with van der Waals surface area (Å²) in [7, 11) is 0. The molecule has 1 saturated carbocycles. The molecule has 0 aromatic rings. The van der Waals surface area contributed by atoms with Crippen LogP contribution in [0.5, 0.6) is 0 Å². The molecule has 0 aromatic heterocycles. The molecule has 0 bridgehead atoms. The number of carbonyl (C=O) groups is 2. The number of hydrogen-bond donors (Lipinski definition) is 2. The number of hydrogen-bond acceptors (Lipinski definition) is 4. The maximum Gasteiger partial charge on any atom is 0.227 e. The van der Waals surface area contributed by atoms with Gasteiger partial charge < -0.3 is 16.0 Å². The molecule has 2 aliphatic rings. The van der Waals surface area contributed by atoms with Crippen LogP contribution in [0.4, 0.5) is 0 Å². The van der Waals surface area contributed by atoms with E-state index in [9.17, 15) is 9.59 Å². The number of halogens is 1. The summed E-state index contributed by atoms with van der Waals surface area (Å²) in [5.41, 5.74) is 5.43. The molecule has 3 N–H and O–H groups in total. The Kier molecular flexibility index (Phi) is 9.60. The number of rotatable bonds is 6. The van der Waals surface area contributed by atoms with Crippen LogP contribution in [0.2, 0.25) is 0 Å². The van der Waals surface area contributed by atoms with Gasteiger partial charge in [0.2, 0.25) is 11.8 Å². The van der Waals surface area contributed by atoms with E-state index < -0.39 is 5.41 Å². The zero-order valence-corrected chi connectivity index (χ0v) is 17.2. The van der Waals surface area contributed by atoms with E-state index in [4.69, 9.17) is 5.73 Å². The molecule has 5 nitrogen and oxygen atoms in total. The summed E-state index contributed by atoms with van der Waals surface area (Å²) in [6, 6.07) is 0.197. The zero-order valence-electron chi connectivity index (χ0n) is 15.6. The summed E-state index contributed by atoms with van der Waals surface area (Å²) in [5, 5.41) is 3.20. The molecule has 0 spiro atoms. The Hall–Kier alpha value is -0.460. The molecule has 2 rings (SSSR count). The first kappa shape index (κ1) is 22.6. The molecule has 2 amide bonds.